The molecule has 0 saturated heterocycles. The molecule has 0 atom stereocenters. The third kappa shape index (κ3) is 1.09. The summed E-state index contributed by atoms with van der Waals surface area (Å²) < 4.78 is 5.33. The quantitative estimate of drug-likeness (QED) is 0.652. The van der Waals surface area contributed by atoms with Crippen LogP contribution in [0.2, 0.25) is 0 Å². The molecule has 0 aliphatic carbocycles. The molecule has 0 bridgehead atoms. The largest absolute Gasteiger partial charge is 0.496 e. The molecule has 0 unspecified atom stereocenters. The fourth-order valence-electron chi connectivity index (χ4n) is 1.90. The molecule has 3 nitrogen and oxygen atoms in total. The molecule has 0 aliphatic rings. The maximum absolute atomic E-state index is 5.33. The number of aromatic nitrogens is 2. The summed E-state index contributed by atoms with van der Waals surface area (Å²) in [5.74, 6) is 0.859. The molecule has 0 radical (unpaired) electrons. The molecule has 1 N–H and O–H groups in total. The number of hydrogen-bond acceptors (Lipinski definition) is 2. The van der Waals surface area contributed by atoms with Crippen LogP contribution in [0, 0.1) is 0 Å². The second kappa shape index (κ2) is 2.98. The van der Waals surface area contributed by atoms with Crippen molar-refractivity contribution in [1.29, 1.82) is 0 Å². The molecule has 0 spiro atoms. The zero-order valence-corrected chi connectivity index (χ0v) is 8.32. The highest BCUT2D eigenvalue weighted by molar-refractivity contribution is 6.08. The minimum atomic E-state index is 0.859. The van der Waals surface area contributed by atoms with Gasteiger partial charge in [-0.2, -0.15) is 0 Å². The van der Waals surface area contributed by atoms with Gasteiger partial charge in [0.2, 0.25) is 0 Å². The Kier molecular flexibility index (Phi) is 1.65. The van der Waals surface area contributed by atoms with Crippen LogP contribution >= 0.6 is 0 Å². The summed E-state index contributed by atoms with van der Waals surface area (Å²) in [4.78, 5) is 7.68. The Hall–Kier alpha value is -2.03. The van der Waals surface area contributed by atoms with Gasteiger partial charge in [-0.25, -0.2) is 0 Å². The number of aromatic amines is 1. The van der Waals surface area contributed by atoms with Crippen LogP contribution in [0.3, 0.4) is 0 Å². The monoisotopic (exact) mass is 198 g/mol. The number of rotatable bonds is 1. The van der Waals surface area contributed by atoms with E-state index in [1.165, 1.54) is 0 Å². The van der Waals surface area contributed by atoms with Crippen LogP contribution < -0.4 is 4.74 Å². The van der Waals surface area contributed by atoms with Gasteiger partial charge in [-0.05, 0) is 24.3 Å². The first-order valence-corrected chi connectivity index (χ1v) is 4.79. The smallest absolute Gasteiger partial charge is 0.130 e. The highest BCUT2D eigenvalue weighted by Crippen LogP contribution is 2.31. The molecule has 0 saturated carbocycles. The van der Waals surface area contributed by atoms with Crippen LogP contribution in [-0.4, -0.2) is 17.1 Å². The maximum Gasteiger partial charge on any atom is 0.130 e. The van der Waals surface area contributed by atoms with Gasteiger partial charge in [0.05, 0.1) is 29.0 Å². The third-order valence-electron chi connectivity index (χ3n) is 2.56. The molecule has 2 aromatic heterocycles. The predicted octanol–water partition coefficient (Wildman–Crippen LogP) is 2.72. The minimum absolute atomic E-state index is 0.859. The Morgan fingerprint density at radius 3 is 2.87 bits per heavy atom. The maximum atomic E-state index is 5.33. The molecule has 15 heavy (non-hydrogen) atoms. The molecule has 0 amide bonds. The van der Waals surface area contributed by atoms with Crippen molar-refractivity contribution in [3.63, 3.8) is 0 Å². The SMILES string of the molecule is COc1cccc2[nH]c3cccnc3c12. The molecule has 0 fully saturated rings. The Morgan fingerprint density at radius 1 is 1.13 bits per heavy atom. The van der Waals surface area contributed by atoms with Gasteiger partial charge in [-0.15, -0.1) is 0 Å². The highest BCUT2D eigenvalue weighted by Gasteiger charge is 2.08. The van der Waals surface area contributed by atoms with Crippen molar-refractivity contribution in [1.82, 2.24) is 9.97 Å². The van der Waals surface area contributed by atoms with Crippen molar-refractivity contribution in [2.45, 2.75) is 0 Å². The summed E-state index contributed by atoms with van der Waals surface area (Å²) in [5, 5.41) is 1.05. The van der Waals surface area contributed by atoms with E-state index in [0.29, 0.717) is 0 Å². The molecule has 2 heterocycles. The predicted molar refractivity (Wildman–Crippen MR) is 60.2 cm³/mol. The fourth-order valence-corrected chi connectivity index (χ4v) is 1.90. The lowest BCUT2D eigenvalue weighted by atomic mass is 10.2. The third-order valence-corrected chi connectivity index (χ3v) is 2.56. The Balaban J connectivity index is 2.56. The molecule has 0 aliphatic heterocycles. The van der Waals surface area contributed by atoms with Gasteiger partial charge in [0, 0.05) is 6.20 Å². The summed E-state index contributed by atoms with van der Waals surface area (Å²) >= 11 is 0. The first kappa shape index (κ1) is 8.29. The number of pyridine rings is 1. The van der Waals surface area contributed by atoms with Crippen molar-refractivity contribution < 1.29 is 4.74 Å². The summed E-state index contributed by atoms with van der Waals surface area (Å²) in [6.45, 7) is 0. The van der Waals surface area contributed by atoms with E-state index in [-0.39, 0.29) is 0 Å². The van der Waals surface area contributed by atoms with Gasteiger partial charge in [0.1, 0.15) is 5.75 Å². The van der Waals surface area contributed by atoms with Crippen molar-refractivity contribution in [2.75, 3.05) is 7.11 Å². The average Bonchev–Trinajstić information content (AvgIpc) is 2.67. The van der Waals surface area contributed by atoms with Crippen LogP contribution in [0.25, 0.3) is 21.9 Å². The Morgan fingerprint density at radius 2 is 2.00 bits per heavy atom. The Labute approximate surface area is 86.7 Å². The zero-order valence-electron chi connectivity index (χ0n) is 8.32. The van der Waals surface area contributed by atoms with E-state index in [9.17, 15) is 0 Å². The molecule has 3 rings (SSSR count). The lowest BCUT2D eigenvalue weighted by molar-refractivity contribution is 0.420. The lowest BCUT2D eigenvalue weighted by Gasteiger charge is -2.00. The van der Waals surface area contributed by atoms with Gasteiger partial charge in [-0.1, -0.05) is 6.07 Å². The van der Waals surface area contributed by atoms with Gasteiger partial charge in [0.15, 0.2) is 0 Å². The van der Waals surface area contributed by atoms with E-state index in [4.69, 9.17) is 4.74 Å². The summed E-state index contributed by atoms with van der Waals surface area (Å²) in [7, 11) is 1.68. The number of fused-ring (bicyclic) bond motifs is 3. The van der Waals surface area contributed by atoms with E-state index in [1.807, 2.05) is 30.3 Å². The van der Waals surface area contributed by atoms with Crippen molar-refractivity contribution in [3.05, 3.63) is 36.5 Å². The number of H-pyrrole nitrogens is 1. The lowest BCUT2D eigenvalue weighted by Crippen LogP contribution is -1.83. The van der Waals surface area contributed by atoms with E-state index < -0.39 is 0 Å². The molecule has 74 valence electrons. The number of nitrogens with one attached hydrogen (secondary N) is 1. The van der Waals surface area contributed by atoms with E-state index in [1.54, 1.807) is 13.3 Å². The molecular formula is C12H10N2O. The average molecular weight is 198 g/mol. The number of ether oxygens (including phenoxy) is 1. The minimum Gasteiger partial charge on any atom is -0.496 e. The number of methoxy groups -OCH3 is 1. The summed E-state index contributed by atoms with van der Waals surface area (Å²) in [5.41, 5.74) is 3.06. The highest BCUT2D eigenvalue weighted by atomic mass is 16.5. The van der Waals surface area contributed by atoms with Crippen molar-refractivity contribution in [3.8, 4) is 5.75 Å². The number of nitrogens with zero attached hydrogens (tertiary/aromatic N) is 1. The van der Waals surface area contributed by atoms with Gasteiger partial charge < -0.3 is 9.72 Å². The van der Waals surface area contributed by atoms with Gasteiger partial charge in [0.25, 0.3) is 0 Å². The van der Waals surface area contributed by atoms with Crippen LogP contribution in [-0.2, 0) is 0 Å². The van der Waals surface area contributed by atoms with E-state index >= 15 is 0 Å². The zero-order chi connectivity index (χ0) is 10.3. The van der Waals surface area contributed by atoms with Crippen LogP contribution in [0.1, 0.15) is 0 Å². The van der Waals surface area contributed by atoms with E-state index in [0.717, 1.165) is 27.7 Å². The molecular weight excluding hydrogens is 188 g/mol. The first-order valence-electron chi connectivity index (χ1n) is 4.79. The summed E-state index contributed by atoms with van der Waals surface area (Å²) in [6, 6.07) is 9.88. The Bertz CT molecular complexity index is 628. The normalized spacial score (nSPS) is 11.0. The first-order chi connectivity index (χ1) is 7.40. The second-order valence-electron chi connectivity index (χ2n) is 3.41. The fraction of sp³-hybridized carbons (Fsp3) is 0.0833. The molecule has 3 heteroatoms. The van der Waals surface area contributed by atoms with E-state index in [2.05, 4.69) is 9.97 Å². The number of benzene rings is 1. The van der Waals surface area contributed by atoms with Crippen molar-refractivity contribution >= 4 is 21.9 Å². The van der Waals surface area contributed by atoms with Gasteiger partial charge >= 0.3 is 0 Å². The van der Waals surface area contributed by atoms with Gasteiger partial charge in [-0.3, -0.25) is 4.98 Å². The standard InChI is InChI=1S/C12H10N2O/c1-15-10-6-2-4-8-11(10)12-9(14-8)5-3-7-13-12/h2-7,14H,1H3. The molecule has 3 aromatic rings. The van der Waals surface area contributed by atoms with Crippen LogP contribution in [0.5, 0.6) is 5.75 Å². The summed E-state index contributed by atoms with van der Waals surface area (Å²) in [6.07, 6.45) is 1.79. The van der Waals surface area contributed by atoms with Crippen LogP contribution in [0.15, 0.2) is 36.5 Å². The van der Waals surface area contributed by atoms with Crippen LogP contribution in [0.4, 0.5) is 0 Å². The topological polar surface area (TPSA) is 37.9 Å². The van der Waals surface area contributed by atoms with Crippen molar-refractivity contribution in [2.24, 2.45) is 0 Å². The number of hydrogen-bond donors (Lipinski definition) is 1. The molecule has 1 aromatic carbocycles. The second-order valence-corrected chi connectivity index (χ2v) is 3.41.